The lowest BCUT2D eigenvalue weighted by molar-refractivity contribution is -0.135. The van der Waals surface area contributed by atoms with Crippen LogP contribution >= 0.6 is 0 Å². The van der Waals surface area contributed by atoms with Gasteiger partial charge in [0.15, 0.2) is 0 Å². The van der Waals surface area contributed by atoms with Crippen molar-refractivity contribution >= 4 is 28.5 Å². The zero-order valence-corrected chi connectivity index (χ0v) is 17.2. The van der Waals surface area contributed by atoms with Crippen molar-refractivity contribution in [3.63, 3.8) is 0 Å². The number of aromatic nitrogens is 3. The molecule has 9 nitrogen and oxygen atoms in total. The maximum Gasteiger partial charge on any atom is 0.292 e. The number of nitrogens with one attached hydrogen (secondary N) is 1. The molecule has 1 aromatic carbocycles. The lowest BCUT2D eigenvalue weighted by atomic mass is 10.1. The summed E-state index contributed by atoms with van der Waals surface area (Å²) in [7, 11) is 0. The molecule has 0 radical (unpaired) electrons. The van der Waals surface area contributed by atoms with Gasteiger partial charge in [-0.25, -0.2) is 4.98 Å². The monoisotopic (exact) mass is 423 g/mol. The zero-order chi connectivity index (χ0) is 21.6. The minimum Gasteiger partial charge on any atom is -0.378 e. The van der Waals surface area contributed by atoms with Gasteiger partial charge in [0.05, 0.1) is 25.1 Å². The number of Topliss-reactive ketones (excluding diaryl/α,β-unsaturated/α-hetero) is 1. The minimum absolute atomic E-state index is 0.0352. The van der Waals surface area contributed by atoms with Crippen molar-refractivity contribution < 1.29 is 19.1 Å². The molecule has 1 fully saturated rings. The quantitative estimate of drug-likeness (QED) is 0.332. The van der Waals surface area contributed by atoms with Gasteiger partial charge in [0.1, 0.15) is 6.54 Å². The number of rotatable bonds is 8. The second kappa shape index (κ2) is 9.57. The predicted molar refractivity (Wildman–Crippen MR) is 114 cm³/mol. The molecule has 3 aromatic rings. The molecule has 3 heterocycles. The Morgan fingerprint density at radius 2 is 1.94 bits per heavy atom. The molecule has 0 unspecified atom stereocenters. The molecule has 2 aromatic heterocycles. The predicted octanol–water partition coefficient (Wildman–Crippen LogP) is 1.09. The Morgan fingerprint density at radius 1 is 1.13 bits per heavy atom. The number of para-hydroxylation sites is 1. The summed E-state index contributed by atoms with van der Waals surface area (Å²) in [5, 5.41) is 3.35. The average Bonchev–Trinajstić information content (AvgIpc) is 3.45. The molecule has 4 rings (SSSR count). The van der Waals surface area contributed by atoms with Gasteiger partial charge in [-0.2, -0.15) is 0 Å². The van der Waals surface area contributed by atoms with Crippen molar-refractivity contribution in [2.24, 2.45) is 0 Å². The van der Waals surface area contributed by atoms with Gasteiger partial charge in [-0.1, -0.05) is 18.2 Å². The van der Waals surface area contributed by atoms with Crippen LogP contribution in [0.15, 0.2) is 49.2 Å². The van der Waals surface area contributed by atoms with Gasteiger partial charge >= 0.3 is 0 Å². The standard InChI is InChI=1S/C22H25N5O4/c28-20(26-10-12-31-13-11-26)15-27-14-18(17-4-1-2-5-19(17)27)21(29)22(30)24-6-3-8-25-9-7-23-16-25/h1-2,4-5,7,9,14,16H,3,6,8,10-13,15H2,(H,24,30). The Morgan fingerprint density at radius 3 is 2.71 bits per heavy atom. The third kappa shape index (κ3) is 4.83. The fourth-order valence-electron chi connectivity index (χ4n) is 3.70. The molecule has 0 bridgehead atoms. The number of carbonyl (C=O) groups excluding carboxylic acids is 3. The van der Waals surface area contributed by atoms with E-state index in [-0.39, 0.29) is 12.5 Å². The van der Waals surface area contributed by atoms with E-state index < -0.39 is 11.7 Å². The fourth-order valence-corrected chi connectivity index (χ4v) is 3.70. The Hall–Kier alpha value is -3.46. The van der Waals surface area contributed by atoms with E-state index in [1.165, 1.54) is 0 Å². The summed E-state index contributed by atoms with van der Waals surface area (Å²) in [5.41, 5.74) is 1.05. The topological polar surface area (TPSA) is 98.5 Å². The summed E-state index contributed by atoms with van der Waals surface area (Å²) in [6.07, 6.45) is 7.55. The Labute approximate surface area is 179 Å². The molecule has 0 atom stereocenters. The fraction of sp³-hybridized carbons (Fsp3) is 0.364. The number of aryl methyl sites for hydroxylation is 1. The normalized spacial score (nSPS) is 14.0. The van der Waals surface area contributed by atoms with Gasteiger partial charge in [-0.05, 0) is 12.5 Å². The van der Waals surface area contributed by atoms with Gasteiger partial charge in [0.25, 0.3) is 11.7 Å². The molecule has 162 valence electrons. The van der Waals surface area contributed by atoms with E-state index in [1.807, 2.05) is 29.0 Å². The first-order chi connectivity index (χ1) is 15.1. The van der Waals surface area contributed by atoms with E-state index in [9.17, 15) is 14.4 Å². The first-order valence-corrected chi connectivity index (χ1v) is 10.3. The van der Waals surface area contributed by atoms with Crippen molar-refractivity contribution in [1.82, 2.24) is 24.3 Å². The van der Waals surface area contributed by atoms with Crippen LogP contribution in [-0.4, -0.2) is 69.5 Å². The summed E-state index contributed by atoms with van der Waals surface area (Å²) in [5.74, 6) is -1.28. The van der Waals surface area contributed by atoms with Crippen molar-refractivity contribution in [3.05, 3.63) is 54.7 Å². The summed E-state index contributed by atoms with van der Waals surface area (Å²) in [6, 6.07) is 7.31. The number of ketones is 1. The van der Waals surface area contributed by atoms with Crippen LogP contribution in [-0.2, 0) is 27.4 Å². The van der Waals surface area contributed by atoms with E-state index in [4.69, 9.17) is 4.74 Å². The number of benzene rings is 1. The van der Waals surface area contributed by atoms with Gasteiger partial charge in [-0.3, -0.25) is 14.4 Å². The molecule has 0 aliphatic carbocycles. The summed E-state index contributed by atoms with van der Waals surface area (Å²) in [6.45, 7) is 3.39. The van der Waals surface area contributed by atoms with Crippen molar-refractivity contribution in [1.29, 1.82) is 0 Å². The molecular weight excluding hydrogens is 398 g/mol. The van der Waals surface area contributed by atoms with Crippen molar-refractivity contribution in [3.8, 4) is 0 Å². The number of fused-ring (bicyclic) bond motifs is 1. The van der Waals surface area contributed by atoms with Crippen LogP contribution in [0.5, 0.6) is 0 Å². The number of hydrogen-bond acceptors (Lipinski definition) is 5. The van der Waals surface area contributed by atoms with E-state index in [2.05, 4.69) is 10.3 Å². The molecule has 1 aliphatic rings. The molecule has 0 spiro atoms. The number of morpholine rings is 1. The lowest BCUT2D eigenvalue weighted by Gasteiger charge is -2.27. The molecular formula is C22H25N5O4. The van der Waals surface area contributed by atoms with Crippen LogP contribution in [0.25, 0.3) is 10.9 Å². The number of carbonyl (C=O) groups is 3. The lowest BCUT2D eigenvalue weighted by Crippen LogP contribution is -2.42. The number of imidazole rings is 1. The molecule has 1 aliphatic heterocycles. The van der Waals surface area contributed by atoms with E-state index in [0.717, 1.165) is 5.52 Å². The van der Waals surface area contributed by atoms with Gasteiger partial charge < -0.3 is 24.1 Å². The third-order valence-corrected chi connectivity index (χ3v) is 5.35. The van der Waals surface area contributed by atoms with Crippen LogP contribution in [0, 0.1) is 0 Å². The van der Waals surface area contributed by atoms with Crippen LogP contribution < -0.4 is 5.32 Å². The average molecular weight is 423 g/mol. The molecule has 2 amide bonds. The molecule has 1 saturated heterocycles. The first kappa shape index (κ1) is 20.8. The minimum atomic E-state index is -0.645. The van der Waals surface area contributed by atoms with Crippen LogP contribution in [0.2, 0.25) is 0 Å². The van der Waals surface area contributed by atoms with Crippen LogP contribution in [0.4, 0.5) is 0 Å². The van der Waals surface area contributed by atoms with Gasteiger partial charge in [-0.15, -0.1) is 0 Å². The van der Waals surface area contributed by atoms with Gasteiger partial charge in [0.2, 0.25) is 5.91 Å². The maximum absolute atomic E-state index is 12.8. The maximum atomic E-state index is 12.8. The highest BCUT2D eigenvalue weighted by molar-refractivity contribution is 6.45. The van der Waals surface area contributed by atoms with Gasteiger partial charge in [0, 0.05) is 55.7 Å². The Balaban J connectivity index is 1.43. The summed E-state index contributed by atoms with van der Waals surface area (Å²) >= 11 is 0. The smallest absolute Gasteiger partial charge is 0.292 e. The van der Waals surface area contributed by atoms with Crippen molar-refractivity contribution in [2.75, 3.05) is 32.8 Å². The molecule has 0 saturated carbocycles. The third-order valence-electron chi connectivity index (χ3n) is 5.35. The number of ether oxygens (including phenoxy) is 1. The zero-order valence-electron chi connectivity index (χ0n) is 17.2. The van der Waals surface area contributed by atoms with E-state index in [0.29, 0.717) is 56.8 Å². The van der Waals surface area contributed by atoms with Crippen LogP contribution in [0.3, 0.4) is 0 Å². The van der Waals surface area contributed by atoms with E-state index in [1.54, 1.807) is 34.3 Å². The second-order valence-corrected chi connectivity index (χ2v) is 7.42. The number of amides is 2. The van der Waals surface area contributed by atoms with Crippen molar-refractivity contribution in [2.45, 2.75) is 19.5 Å². The summed E-state index contributed by atoms with van der Waals surface area (Å²) in [4.78, 5) is 43.7. The largest absolute Gasteiger partial charge is 0.378 e. The van der Waals surface area contributed by atoms with Crippen LogP contribution in [0.1, 0.15) is 16.8 Å². The summed E-state index contributed by atoms with van der Waals surface area (Å²) < 4.78 is 8.95. The molecule has 9 heteroatoms. The Kier molecular flexibility index (Phi) is 6.42. The molecule has 1 N–H and O–H groups in total. The SMILES string of the molecule is O=C(NCCCn1ccnc1)C(=O)c1cn(CC(=O)N2CCOCC2)c2ccccc12. The first-order valence-electron chi connectivity index (χ1n) is 10.3. The highest BCUT2D eigenvalue weighted by atomic mass is 16.5. The number of hydrogen-bond donors (Lipinski definition) is 1. The highest BCUT2D eigenvalue weighted by Crippen LogP contribution is 2.22. The number of nitrogens with zero attached hydrogens (tertiary/aromatic N) is 4. The Bertz CT molecular complexity index is 1070. The second-order valence-electron chi connectivity index (χ2n) is 7.42. The highest BCUT2D eigenvalue weighted by Gasteiger charge is 2.23. The van der Waals surface area contributed by atoms with E-state index >= 15 is 0 Å². The molecule has 31 heavy (non-hydrogen) atoms.